The minimum Gasteiger partial charge on any atom is -0.481 e. The first-order valence-electron chi connectivity index (χ1n) is 7.71. The zero-order valence-corrected chi connectivity index (χ0v) is 13.6. The molecule has 0 bridgehead atoms. The van der Waals surface area contributed by atoms with Crippen molar-refractivity contribution in [1.82, 2.24) is 19.7 Å². The lowest BCUT2D eigenvalue weighted by molar-refractivity contribution is -0.146. The first-order chi connectivity index (χ1) is 11.5. The lowest BCUT2D eigenvalue weighted by atomic mass is 10.2. The highest BCUT2D eigenvalue weighted by molar-refractivity contribution is 5.81. The van der Waals surface area contributed by atoms with Crippen molar-refractivity contribution >= 4 is 5.91 Å². The third-order valence-electron chi connectivity index (χ3n) is 3.87. The Kier molecular flexibility index (Phi) is 4.75. The van der Waals surface area contributed by atoms with Gasteiger partial charge in [0, 0.05) is 19.7 Å². The number of aromatic nitrogens is 3. The topological polar surface area (TPSA) is 69.5 Å². The molecule has 8 heteroatoms. The van der Waals surface area contributed by atoms with Crippen LogP contribution in [0.15, 0.2) is 30.6 Å². The molecule has 128 valence electrons. The van der Waals surface area contributed by atoms with Crippen molar-refractivity contribution in [2.45, 2.75) is 19.1 Å². The molecule has 3 rings (SSSR count). The number of amides is 1. The molecule has 1 aliphatic heterocycles. The lowest BCUT2D eigenvalue weighted by Gasteiger charge is -2.33. The second kappa shape index (κ2) is 6.96. The zero-order chi connectivity index (χ0) is 17.1. The molecule has 7 nitrogen and oxygen atoms in total. The molecule has 1 saturated heterocycles. The minimum absolute atomic E-state index is 0.172. The second-order valence-corrected chi connectivity index (χ2v) is 5.66. The van der Waals surface area contributed by atoms with Gasteiger partial charge in [-0.25, -0.2) is 4.39 Å². The summed E-state index contributed by atoms with van der Waals surface area (Å²) in [6, 6.07) is 5.74. The van der Waals surface area contributed by atoms with Crippen molar-refractivity contribution in [3.63, 3.8) is 0 Å². The van der Waals surface area contributed by atoms with Crippen molar-refractivity contribution in [3.05, 3.63) is 42.2 Å². The molecule has 0 saturated carbocycles. The normalized spacial score (nSPS) is 19.1. The molecule has 0 spiro atoms. The van der Waals surface area contributed by atoms with Gasteiger partial charge >= 0.3 is 0 Å². The number of carbonyl (C=O) groups excluding carboxylic acids is 1. The number of aryl methyl sites for hydroxylation is 1. The molecule has 1 aromatic carbocycles. The molecule has 0 aliphatic carbocycles. The lowest BCUT2D eigenvalue weighted by Crippen LogP contribution is -2.47. The van der Waals surface area contributed by atoms with Crippen molar-refractivity contribution < 1.29 is 18.7 Å². The van der Waals surface area contributed by atoms with E-state index >= 15 is 0 Å². The molecule has 2 unspecified atom stereocenters. The maximum Gasteiger partial charge on any atom is 0.263 e. The summed E-state index contributed by atoms with van der Waals surface area (Å²) in [6.07, 6.45) is 0.552. The zero-order valence-electron chi connectivity index (χ0n) is 13.6. The highest BCUT2D eigenvalue weighted by atomic mass is 19.1. The molecule has 1 aliphatic rings. The van der Waals surface area contributed by atoms with Gasteiger partial charge in [-0.1, -0.05) is 6.07 Å². The monoisotopic (exact) mass is 334 g/mol. The fourth-order valence-corrected chi connectivity index (χ4v) is 2.64. The fourth-order valence-electron chi connectivity index (χ4n) is 2.64. The van der Waals surface area contributed by atoms with Gasteiger partial charge < -0.3 is 18.9 Å². The Balaban J connectivity index is 1.64. The minimum atomic E-state index is -0.718. The van der Waals surface area contributed by atoms with E-state index in [1.807, 2.05) is 7.05 Å². The van der Waals surface area contributed by atoms with Gasteiger partial charge in [0.15, 0.2) is 11.9 Å². The van der Waals surface area contributed by atoms with E-state index in [2.05, 4.69) is 10.2 Å². The van der Waals surface area contributed by atoms with E-state index in [-0.39, 0.29) is 12.0 Å². The number of benzene rings is 1. The number of nitrogens with zero attached hydrogens (tertiary/aromatic N) is 4. The smallest absolute Gasteiger partial charge is 0.263 e. The average molecular weight is 334 g/mol. The van der Waals surface area contributed by atoms with Crippen LogP contribution in [0.5, 0.6) is 5.75 Å². The second-order valence-electron chi connectivity index (χ2n) is 5.66. The summed E-state index contributed by atoms with van der Waals surface area (Å²) in [5, 5.41) is 7.87. The van der Waals surface area contributed by atoms with Gasteiger partial charge in [-0.2, -0.15) is 0 Å². The van der Waals surface area contributed by atoms with Crippen LogP contribution in [0.4, 0.5) is 4.39 Å². The molecule has 0 radical (unpaired) electrons. The first-order valence-corrected chi connectivity index (χ1v) is 7.71. The number of hydrogen-bond donors (Lipinski definition) is 0. The van der Waals surface area contributed by atoms with Gasteiger partial charge in [-0.15, -0.1) is 10.2 Å². The van der Waals surface area contributed by atoms with Crippen LogP contribution in [0.1, 0.15) is 18.9 Å². The number of rotatable bonds is 4. The largest absolute Gasteiger partial charge is 0.481 e. The molecule has 2 heterocycles. The van der Waals surface area contributed by atoms with E-state index in [9.17, 15) is 9.18 Å². The highest BCUT2D eigenvalue weighted by Gasteiger charge is 2.31. The average Bonchev–Trinajstić information content (AvgIpc) is 3.00. The van der Waals surface area contributed by atoms with Crippen molar-refractivity contribution in [3.8, 4) is 5.75 Å². The summed E-state index contributed by atoms with van der Waals surface area (Å²) >= 11 is 0. The van der Waals surface area contributed by atoms with Crippen molar-refractivity contribution in [2.75, 3.05) is 19.7 Å². The molecule has 24 heavy (non-hydrogen) atoms. The summed E-state index contributed by atoms with van der Waals surface area (Å²) in [6.45, 7) is 2.92. The van der Waals surface area contributed by atoms with Crippen LogP contribution in [0.25, 0.3) is 0 Å². The maximum atomic E-state index is 13.2. The van der Waals surface area contributed by atoms with Gasteiger partial charge in [-0.3, -0.25) is 4.79 Å². The van der Waals surface area contributed by atoms with Crippen LogP contribution < -0.4 is 4.74 Å². The van der Waals surface area contributed by atoms with E-state index in [4.69, 9.17) is 9.47 Å². The number of hydrogen-bond acceptors (Lipinski definition) is 5. The molecule has 1 aromatic heterocycles. The summed E-state index contributed by atoms with van der Waals surface area (Å²) in [4.78, 5) is 14.3. The van der Waals surface area contributed by atoms with Crippen LogP contribution in [-0.4, -0.2) is 51.4 Å². The van der Waals surface area contributed by atoms with E-state index in [0.717, 1.165) is 0 Å². The summed E-state index contributed by atoms with van der Waals surface area (Å²) in [5.74, 6) is 0.427. The molecule has 1 amide bonds. The number of carbonyl (C=O) groups is 1. The Morgan fingerprint density at radius 1 is 1.50 bits per heavy atom. The molecule has 0 N–H and O–H groups in total. The molecular formula is C16H19FN4O3. The Morgan fingerprint density at radius 3 is 3.04 bits per heavy atom. The van der Waals surface area contributed by atoms with E-state index in [1.165, 1.54) is 12.1 Å². The molecule has 1 fully saturated rings. The van der Waals surface area contributed by atoms with Crippen molar-refractivity contribution in [1.29, 1.82) is 0 Å². The Bertz CT molecular complexity index is 721. The molecule has 2 aromatic rings. The summed E-state index contributed by atoms with van der Waals surface area (Å²) < 4.78 is 26.2. The van der Waals surface area contributed by atoms with Crippen LogP contribution in [0.3, 0.4) is 0 Å². The predicted molar refractivity (Wildman–Crippen MR) is 82.8 cm³/mol. The first kappa shape index (κ1) is 16.4. The van der Waals surface area contributed by atoms with Crippen LogP contribution >= 0.6 is 0 Å². The van der Waals surface area contributed by atoms with Gasteiger partial charge in [0.2, 0.25) is 0 Å². The number of ether oxygens (including phenoxy) is 2. The molecule has 2 atom stereocenters. The Labute approximate surface area is 139 Å². The molecular weight excluding hydrogens is 315 g/mol. The van der Waals surface area contributed by atoms with Gasteiger partial charge in [-0.05, 0) is 19.1 Å². The highest BCUT2D eigenvalue weighted by Crippen LogP contribution is 2.21. The van der Waals surface area contributed by atoms with E-state index in [1.54, 1.807) is 34.9 Å². The number of halogens is 1. The SMILES string of the molecule is CC(Oc1cccc(F)c1)C(=O)N1CCOC(c2nncn2C)C1. The van der Waals surface area contributed by atoms with Crippen LogP contribution in [0, 0.1) is 5.82 Å². The summed E-state index contributed by atoms with van der Waals surface area (Å²) in [5.41, 5.74) is 0. The van der Waals surface area contributed by atoms with Gasteiger partial charge in [0.25, 0.3) is 5.91 Å². The Morgan fingerprint density at radius 2 is 2.33 bits per heavy atom. The fraction of sp³-hybridized carbons (Fsp3) is 0.438. The van der Waals surface area contributed by atoms with Crippen LogP contribution in [-0.2, 0) is 16.6 Å². The van der Waals surface area contributed by atoms with Crippen LogP contribution in [0.2, 0.25) is 0 Å². The predicted octanol–water partition coefficient (Wildman–Crippen LogP) is 1.32. The Hall–Kier alpha value is -2.48. The van der Waals surface area contributed by atoms with E-state index < -0.39 is 11.9 Å². The quantitative estimate of drug-likeness (QED) is 0.843. The summed E-state index contributed by atoms with van der Waals surface area (Å²) in [7, 11) is 1.83. The standard InChI is InChI=1S/C16H19FN4O3/c1-11(24-13-5-3-4-12(17)8-13)16(22)21-6-7-23-14(9-21)15-19-18-10-20(15)2/h3-5,8,10-11,14H,6-7,9H2,1-2H3. The maximum absolute atomic E-state index is 13.2. The third kappa shape index (κ3) is 3.53. The number of morpholine rings is 1. The van der Waals surface area contributed by atoms with Crippen molar-refractivity contribution in [2.24, 2.45) is 7.05 Å². The van der Waals surface area contributed by atoms with Gasteiger partial charge in [0.05, 0.1) is 13.2 Å². The third-order valence-corrected chi connectivity index (χ3v) is 3.87. The van der Waals surface area contributed by atoms with Gasteiger partial charge in [0.1, 0.15) is 24.0 Å². The van der Waals surface area contributed by atoms with E-state index in [0.29, 0.717) is 31.3 Å².